The molecule has 0 aromatic heterocycles. The van der Waals surface area contributed by atoms with Gasteiger partial charge in [-0.3, -0.25) is 0 Å². The first kappa shape index (κ1) is 9.44. The molecule has 0 heterocycles. The van der Waals surface area contributed by atoms with Crippen LogP contribution in [0.25, 0.3) is 0 Å². The van der Waals surface area contributed by atoms with E-state index in [1.807, 2.05) is 0 Å². The van der Waals surface area contributed by atoms with Crippen molar-refractivity contribution in [2.75, 3.05) is 20.0 Å². The summed E-state index contributed by atoms with van der Waals surface area (Å²) in [6.07, 6.45) is 0. The van der Waals surface area contributed by atoms with Crippen LogP contribution in [0.4, 0.5) is 10.1 Å². The number of rotatable bonds is 2. The number of anilines is 1. The van der Waals surface area contributed by atoms with Gasteiger partial charge in [-0.15, -0.1) is 0 Å². The Morgan fingerprint density at radius 2 is 1.85 bits per heavy atom. The van der Waals surface area contributed by atoms with Gasteiger partial charge in [-0.05, 0) is 0 Å². The molecule has 72 valence electrons. The smallest absolute Gasteiger partial charge is 0.208 e. The van der Waals surface area contributed by atoms with Gasteiger partial charge in [-0.25, -0.2) is 4.39 Å². The predicted octanol–water partition coefficient (Wildman–Crippen LogP) is 1.13. The van der Waals surface area contributed by atoms with Crippen LogP contribution in [0.5, 0.6) is 17.2 Å². The van der Waals surface area contributed by atoms with Crippen molar-refractivity contribution in [3.8, 4) is 17.2 Å². The number of phenols is 1. The lowest BCUT2D eigenvalue weighted by Gasteiger charge is -2.11. The average molecular weight is 187 g/mol. The first-order chi connectivity index (χ1) is 6.11. The molecule has 1 aromatic rings. The SMILES string of the molecule is COc1c(F)cc(N)c(O)c1OC. The summed E-state index contributed by atoms with van der Waals surface area (Å²) in [7, 11) is 2.56. The number of benzene rings is 1. The Morgan fingerprint density at radius 1 is 1.31 bits per heavy atom. The fourth-order valence-corrected chi connectivity index (χ4v) is 0.997. The fraction of sp³-hybridized carbons (Fsp3) is 0.250. The second-order valence-corrected chi connectivity index (χ2v) is 2.36. The number of nitrogens with two attached hydrogens (primary N) is 1. The van der Waals surface area contributed by atoms with Crippen LogP contribution in [-0.2, 0) is 0 Å². The summed E-state index contributed by atoms with van der Waals surface area (Å²) >= 11 is 0. The summed E-state index contributed by atoms with van der Waals surface area (Å²) in [6.45, 7) is 0. The van der Waals surface area contributed by atoms with E-state index in [4.69, 9.17) is 10.5 Å². The summed E-state index contributed by atoms with van der Waals surface area (Å²) in [4.78, 5) is 0. The molecule has 0 bridgehead atoms. The quantitative estimate of drug-likeness (QED) is 0.538. The molecule has 0 aliphatic rings. The van der Waals surface area contributed by atoms with Crippen molar-refractivity contribution in [2.24, 2.45) is 0 Å². The summed E-state index contributed by atoms with van der Waals surface area (Å²) in [6, 6.07) is 0.969. The van der Waals surface area contributed by atoms with Gasteiger partial charge in [0.1, 0.15) is 0 Å². The molecule has 0 spiro atoms. The normalized spacial score (nSPS) is 9.77. The monoisotopic (exact) mass is 187 g/mol. The van der Waals surface area contributed by atoms with Crippen LogP contribution >= 0.6 is 0 Å². The van der Waals surface area contributed by atoms with E-state index in [9.17, 15) is 9.50 Å². The van der Waals surface area contributed by atoms with E-state index < -0.39 is 5.82 Å². The third-order valence-electron chi connectivity index (χ3n) is 1.60. The Morgan fingerprint density at radius 3 is 2.31 bits per heavy atom. The van der Waals surface area contributed by atoms with E-state index in [2.05, 4.69) is 4.74 Å². The van der Waals surface area contributed by atoms with E-state index >= 15 is 0 Å². The fourth-order valence-electron chi connectivity index (χ4n) is 0.997. The molecular formula is C8H10FNO3. The summed E-state index contributed by atoms with van der Waals surface area (Å²) in [5.41, 5.74) is 5.21. The molecule has 0 aliphatic heterocycles. The standard InChI is InChI=1S/C8H10FNO3/c1-12-7-4(9)3-5(10)6(11)8(7)13-2/h3,11H,10H2,1-2H3. The van der Waals surface area contributed by atoms with Gasteiger partial charge in [0.05, 0.1) is 19.9 Å². The number of halogens is 1. The van der Waals surface area contributed by atoms with Crippen molar-refractivity contribution in [3.05, 3.63) is 11.9 Å². The molecule has 13 heavy (non-hydrogen) atoms. The van der Waals surface area contributed by atoms with E-state index in [-0.39, 0.29) is 22.9 Å². The van der Waals surface area contributed by atoms with Gasteiger partial charge in [0.25, 0.3) is 0 Å². The van der Waals surface area contributed by atoms with Gasteiger partial charge in [0.15, 0.2) is 11.6 Å². The molecule has 5 heteroatoms. The Balaban J connectivity index is 3.41. The molecule has 4 nitrogen and oxygen atoms in total. The number of hydrogen-bond acceptors (Lipinski definition) is 4. The van der Waals surface area contributed by atoms with Gasteiger partial charge in [0, 0.05) is 6.07 Å². The molecule has 0 atom stereocenters. The van der Waals surface area contributed by atoms with Crippen molar-refractivity contribution in [1.82, 2.24) is 0 Å². The van der Waals surface area contributed by atoms with Gasteiger partial charge < -0.3 is 20.3 Å². The second kappa shape index (κ2) is 3.38. The van der Waals surface area contributed by atoms with Crippen LogP contribution in [0, 0.1) is 5.82 Å². The van der Waals surface area contributed by atoms with Crippen molar-refractivity contribution >= 4 is 5.69 Å². The van der Waals surface area contributed by atoms with E-state index in [0.29, 0.717) is 0 Å². The lowest BCUT2D eigenvalue weighted by Crippen LogP contribution is -1.97. The number of phenolic OH excluding ortho intramolecular Hbond substituents is 1. The third-order valence-corrected chi connectivity index (χ3v) is 1.60. The maximum absolute atomic E-state index is 13.1. The van der Waals surface area contributed by atoms with E-state index in [1.54, 1.807) is 0 Å². The van der Waals surface area contributed by atoms with Crippen molar-refractivity contribution < 1.29 is 19.0 Å². The minimum atomic E-state index is -0.672. The maximum Gasteiger partial charge on any atom is 0.208 e. The van der Waals surface area contributed by atoms with Crippen LogP contribution < -0.4 is 15.2 Å². The van der Waals surface area contributed by atoms with Crippen LogP contribution in [0.3, 0.4) is 0 Å². The molecule has 0 saturated heterocycles. The van der Waals surface area contributed by atoms with Crippen molar-refractivity contribution in [1.29, 1.82) is 0 Å². The third kappa shape index (κ3) is 1.44. The molecule has 1 aromatic carbocycles. The molecule has 0 aliphatic carbocycles. The zero-order valence-electron chi connectivity index (χ0n) is 7.30. The first-order valence-corrected chi connectivity index (χ1v) is 3.50. The number of hydrogen-bond donors (Lipinski definition) is 2. The van der Waals surface area contributed by atoms with E-state index in [0.717, 1.165) is 6.07 Å². The number of methoxy groups -OCH3 is 2. The highest BCUT2D eigenvalue weighted by molar-refractivity contribution is 5.65. The van der Waals surface area contributed by atoms with E-state index in [1.165, 1.54) is 14.2 Å². The summed E-state index contributed by atoms with van der Waals surface area (Å²) in [5, 5.41) is 9.34. The zero-order chi connectivity index (χ0) is 10.0. The molecule has 1 rings (SSSR count). The molecule has 0 radical (unpaired) electrons. The van der Waals surface area contributed by atoms with Crippen LogP contribution in [0.15, 0.2) is 6.07 Å². The largest absolute Gasteiger partial charge is 0.503 e. The topological polar surface area (TPSA) is 64.7 Å². The maximum atomic E-state index is 13.1. The summed E-state index contributed by atoms with van der Waals surface area (Å²) < 4.78 is 22.5. The van der Waals surface area contributed by atoms with Gasteiger partial charge in [-0.1, -0.05) is 0 Å². The predicted molar refractivity (Wildman–Crippen MR) is 45.6 cm³/mol. The zero-order valence-corrected chi connectivity index (χ0v) is 7.30. The molecular weight excluding hydrogens is 177 g/mol. The lowest BCUT2D eigenvalue weighted by molar-refractivity contribution is 0.320. The molecule has 0 unspecified atom stereocenters. The Hall–Kier alpha value is -1.65. The summed E-state index contributed by atoms with van der Waals surface area (Å²) in [5.74, 6) is -1.25. The molecule has 0 saturated carbocycles. The highest BCUT2D eigenvalue weighted by atomic mass is 19.1. The van der Waals surface area contributed by atoms with Gasteiger partial charge in [-0.2, -0.15) is 0 Å². The average Bonchev–Trinajstić information content (AvgIpc) is 2.10. The highest BCUT2D eigenvalue weighted by Crippen LogP contribution is 2.42. The van der Waals surface area contributed by atoms with Crippen molar-refractivity contribution in [2.45, 2.75) is 0 Å². The first-order valence-electron chi connectivity index (χ1n) is 3.50. The Labute approximate surface area is 74.7 Å². The minimum absolute atomic E-state index is 0.0878. The van der Waals surface area contributed by atoms with Crippen molar-refractivity contribution in [3.63, 3.8) is 0 Å². The number of nitrogen functional groups attached to an aromatic ring is 1. The lowest BCUT2D eigenvalue weighted by atomic mass is 10.2. The van der Waals surface area contributed by atoms with Crippen LogP contribution in [0.2, 0.25) is 0 Å². The number of aromatic hydroxyl groups is 1. The molecule has 0 fully saturated rings. The van der Waals surface area contributed by atoms with Crippen LogP contribution in [0.1, 0.15) is 0 Å². The number of ether oxygens (including phenoxy) is 2. The van der Waals surface area contributed by atoms with Crippen LogP contribution in [-0.4, -0.2) is 19.3 Å². The molecule has 0 amide bonds. The Bertz CT molecular complexity index is 328. The highest BCUT2D eigenvalue weighted by Gasteiger charge is 2.17. The Kier molecular flexibility index (Phi) is 2.46. The van der Waals surface area contributed by atoms with Gasteiger partial charge in [0.2, 0.25) is 11.5 Å². The second-order valence-electron chi connectivity index (χ2n) is 2.36. The molecule has 3 N–H and O–H groups in total. The minimum Gasteiger partial charge on any atom is -0.503 e. The van der Waals surface area contributed by atoms with Gasteiger partial charge >= 0.3 is 0 Å².